The second kappa shape index (κ2) is 3.84. The van der Waals surface area contributed by atoms with Gasteiger partial charge in [-0.3, -0.25) is 0 Å². The molecule has 0 amide bonds. The first-order chi connectivity index (χ1) is 7.38. The number of aromatic nitrogens is 1. The molecule has 0 aliphatic heterocycles. The van der Waals surface area contributed by atoms with E-state index in [1.807, 2.05) is 0 Å². The molecule has 0 fully saturated rings. The fraction of sp³-hybridized carbons (Fsp3) is 0.667. The Labute approximate surface area is 99.5 Å². The molecule has 1 aliphatic rings. The number of carboxylic acids is 1. The molecule has 3 nitrogen and oxygen atoms in total. The van der Waals surface area contributed by atoms with Crippen molar-refractivity contribution in [2.24, 2.45) is 11.3 Å². The van der Waals surface area contributed by atoms with Crippen molar-refractivity contribution in [3.63, 3.8) is 0 Å². The summed E-state index contributed by atoms with van der Waals surface area (Å²) in [5, 5.41) is 9.16. The van der Waals surface area contributed by atoms with Gasteiger partial charge in [-0.1, -0.05) is 20.8 Å². The number of hydrogen-bond donors (Lipinski definition) is 1. The van der Waals surface area contributed by atoms with Crippen LogP contribution in [0, 0.1) is 11.3 Å². The van der Waals surface area contributed by atoms with Crippen LogP contribution >= 0.6 is 11.3 Å². The fourth-order valence-corrected chi connectivity index (χ4v) is 3.23. The SMILES string of the molecule is CC(C)(C)C1CCc2nc(C(=O)O)sc2C1. The van der Waals surface area contributed by atoms with Crippen molar-refractivity contribution >= 4 is 17.3 Å². The lowest BCUT2D eigenvalue weighted by Gasteiger charge is -2.33. The van der Waals surface area contributed by atoms with Gasteiger partial charge in [0.15, 0.2) is 0 Å². The molecule has 1 aliphatic carbocycles. The standard InChI is InChI=1S/C12H17NO2S/c1-12(2,3)7-4-5-8-9(6-7)16-10(13-8)11(14)15/h7H,4-6H2,1-3H3,(H,14,15). The zero-order valence-corrected chi connectivity index (χ0v) is 10.7. The summed E-state index contributed by atoms with van der Waals surface area (Å²) in [5.41, 5.74) is 1.31. The Morgan fingerprint density at radius 3 is 2.75 bits per heavy atom. The number of aryl methyl sites for hydroxylation is 1. The normalized spacial score (nSPS) is 20.6. The van der Waals surface area contributed by atoms with Gasteiger partial charge in [-0.2, -0.15) is 0 Å². The zero-order chi connectivity index (χ0) is 11.9. The predicted molar refractivity (Wildman–Crippen MR) is 64.0 cm³/mol. The number of carboxylic acid groups (broad SMARTS) is 1. The number of rotatable bonds is 1. The minimum Gasteiger partial charge on any atom is -0.476 e. The Kier molecular flexibility index (Phi) is 2.78. The highest BCUT2D eigenvalue weighted by molar-refractivity contribution is 7.13. The molecule has 88 valence electrons. The van der Waals surface area contributed by atoms with Gasteiger partial charge in [-0.25, -0.2) is 9.78 Å². The molecule has 0 saturated heterocycles. The molecule has 1 N–H and O–H groups in total. The van der Waals surface area contributed by atoms with Gasteiger partial charge in [0.05, 0.1) is 5.69 Å². The van der Waals surface area contributed by atoms with Gasteiger partial charge in [0.2, 0.25) is 5.01 Å². The third kappa shape index (κ3) is 2.12. The van der Waals surface area contributed by atoms with Crippen molar-refractivity contribution in [3.05, 3.63) is 15.6 Å². The van der Waals surface area contributed by atoms with Crippen LogP contribution in [0.5, 0.6) is 0 Å². The van der Waals surface area contributed by atoms with Crippen molar-refractivity contribution in [2.45, 2.75) is 40.0 Å². The number of fused-ring (bicyclic) bond motifs is 1. The molecule has 1 aromatic heterocycles. The number of nitrogens with zero attached hydrogens (tertiary/aromatic N) is 1. The van der Waals surface area contributed by atoms with Gasteiger partial charge in [-0.05, 0) is 30.6 Å². The molecule has 2 rings (SSSR count). The first kappa shape index (κ1) is 11.6. The van der Waals surface area contributed by atoms with Crippen LogP contribution in [-0.2, 0) is 12.8 Å². The van der Waals surface area contributed by atoms with Crippen LogP contribution in [0.3, 0.4) is 0 Å². The summed E-state index contributed by atoms with van der Waals surface area (Å²) in [4.78, 5) is 16.2. The highest BCUT2D eigenvalue weighted by atomic mass is 32.1. The van der Waals surface area contributed by atoms with Crippen LogP contribution in [0.2, 0.25) is 0 Å². The minimum absolute atomic E-state index is 0.250. The van der Waals surface area contributed by atoms with Crippen molar-refractivity contribution in [2.75, 3.05) is 0 Å². The summed E-state index contributed by atoms with van der Waals surface area (Å²) < 4.78 is 0. The molecule has 4 heteroatoms. The number of aromatic carboxylic acids is 1. The first-order valence-electron chi connectivity index (χ1n) is 5.60. The van der Waals surface area contributed by atoms with E-state index in [9.17, 15) is 4.79 Å². The lowest BCUT2D eigenvalue weighted by Crippen LogP contribution is -2.26. The molecule has 0 bridgehead atoms. The van der Waals surface area contributed by atoms with Crippen LogP contribution in [-0.4, -0.2) is 16.1 Å². The minimum atomic E-state index is -0.897. The van der Waals surface area contributed by atoms with Crippen molar-refractivity contribution < 1.29 is 9.90 Å². The Bertz CT molecular complexity index is 417. The lowest BCUT2D eigenvalue weighted by molar-refractivity contribution is 0.0696. The molecule has 1 aromatic rings. The second-order valence-electron chi connectivity index (χ2n) is 5.50. The lowest BCUT2D eigenvalue weighted by atomic mass is 9.73. The monoisotopic (exact) mass is 239 g/mol. The highest BCUT2D eigenvalue weighted by Gasteiger charge is 2.31. The smallest absolute Gasteiger partial charge is 0.365 e. The molecule has 0 aromatic carbocycles. The summed E-state index contributed by atoms with van der Waals surface area (Å²) in [5.74, 6) is -0.256. The predicted octanol–water partition coefficient (Wildman–Crippen LogP) is 2.99. The second-order valence-corrected chi connectivity index (χ2v) is 6.58. The van der Waals surface area contributed by atoms with E-state index in [4.69, 9.17) is 5.11 Å². The Morgan fingerprint density at radius 2 is 2.19 bits per heavy atom. The molecule has 1 unspecified atom stereocenters. The van der Waals surface area contributed by atoms with Crippen molar-refractivity contribution in [3.8, 4) is 0 Å². The Hall–Kier alpha value is -0.900. The van der Waals surface area contributed by atoms with E-state index in [0.717, 1.165) is 25.0 Å². The molecule has 0 radical (unpaired) electrons. The quantitative estimate of drug-likeness (QED) is 0.819. The van der Waals surface area contributed by atoms with Crippen LogP contribution in [0.25, 0.3) is 0 Å². The van der Waals surface area contributed by atoms with Gasteiger partial charge >= 0.3 is 5.97 Å². The van der Waals surface area contributed by atoms with Gasteiger partial charge < -0.3 is 5.11 Å². The van der Waals surface area contributed by atoms with Gasteiger partial charge in [0.25, 0.3) is 0 Å². The van der Waals surface area contributed by atoms with E-state index < -0.39 is 5.97 Å². The molecule has 1 atom stereocenters. The number of thiazole rings is 1. The zero-order valence-electron chi connectivity index (χ0n) is 9.91. The Morgan fingerprint density at radius 1 is 1.50 bits per heavy atom. The maximum absolute atomic E-state index is 10.8. The average Bonchev–Trinajstić information content (AvgIpc) is 2.58. The Balaban J connectivity index is 2.24. The average molecular weight is 239 g/mol. The van der Waals surface area contributed by atoms with Crippen LogP contribution in [0.15, 0.2) is 0 Å². The van der Waals surface area contributed by atoms with E-state index in [2.05, 4.69) is 25.8 Å². The van der Waals surface area contributed by atoms with Crippen molar-refractivity contribution in [1.29, 1.82) is 0 Å². The highest BCUT2D eigenvalue weighted by Crippen LogP contribution is 2.38. The van der Waals surface area contributed by atoms with Crippen molar-refractivity contribution in [1.82, 2.24) is 4.98 Å². The molecule has 0 saturated carbocycles. The van der Waals surface area contributed by atoms with Gasteiger partial charge in [0.1, 0.15) is 0 Å². The topological polar surface area (TPSA) is 50.2 Å². The van der Waals surface area contributed by atoms with E-state index >= 15 is 0 Å². The van der Waals surface area contributed by atoms with Crippen LogP contribution in [0.1, 0.15) is 47.6 Å². The molecule has 16 heavy (non-hydrogen) atoms. The number of carbonyl (C=O) groups is 1. The van der Waals surface area contributed by atoms with Crippen LogP contribution < -0.4 is 0 Å². The van der Waals surface area contributed by atoms with E-state index in [0.29, 0.717) is 11.3 Å². The molecule has 1 heterocycles. The van der Waals surface area contributed by atoms with Gasteiger partial charge in [0, 0.05) is 4.88 Å². The summed E-state index contributed by atoms with van der Waals surface area (Å²) in [6, 6.07) is 0. The van der Waals surface area contributed by atoms with E-state index in [1.165, 1.54) is 16.2 Å². The maximum atomic E-state index is 10.8. The summed E-state index contributed by atoms with van der Waals surface area (Å²) in [6.07, 6.45) is 3.05. The fourth-order valence-electron chi connectivity index (χ4n) is 2.21. The maximum Gasteiger partial charge on any atom is 0.365 e. The van der Waals surface area contributed by atoms with Gasteiger partial charge in [-0.15, -0.1) is 11.3 Å². The number of hydrogen-bond acceptors (Lipinski definition) is 3. The molecule has 0 spiro atoms. The van der Waals surface area contributed by atoms with Crippen LogP contribution in [0.4, 0.5) is 0 Å². The first-order valence-corrected chi connectivity index (χ1v) is 6.41. The molecular formula is C12H17NO2S. The van der Waals surface area contributed by atoms with E-state index in [-0.39, 0.29) is 5.01 Å². The summed E-state index contributed by atoms with van der Waals surface area (Å²) in [7, 11) is 0. The largest absolute Gasteiger partial charge is 0.476 e. The molecular weight excluding hydrogens is 222 g/mol. The summed E-state index contributed by atoms with van der Waals surface area (Å²) in [6.45, 7) is 6.76. The third-order valence-corrected chi connectivity index (χ3v) is 4.46. The van der Waals surface area contributed by atoms with E-state index in [1.54, 1.807) is 0 Å². The third-order valence-electron chi connectivity index (χ3n) is 3.35. The summed E-state index contributed by atoms with van der Waals surface area (Å²) >= 11 is 1.35.